The molecule has 3 aromatic rings. The lowest BCUT2D eigenvalue weighted by atomic mass is 10.0. The Balaban J connectivity index is 1.54. The van der Waals surface area contributed by atoms with Gasteiger partial charge >= 0.3 is 0 Å². The molecule has 0 aliphatic heterocycles. The maximum absolute atomic E-state index is 12.2. The van der Waals surface area contributed by atoms with Crippen molar-refractivity contribution in [2.24, 2.45) is 5.92 Å². The predicted molar refractivity (Wildman–Crippen MR) is 117 cm³/mol. The molecule has 4 rings (SSSR count). The van der Waals surface area contributed by atoms with E-state index in [1.165, 1.54) is 0 Å². The molecular weight excluding hydrogens is 376 g/mol. The van der Waals surface area contributed by atoms with E-state index in [0.29, 0.717) is 6.54 Å². The zero-order valence-electron chi connectivity index (χ0n) is 17.8. The molecule has 2 atom stereocenters. The predicted octanol–water partition coefficient (Wildman–Crippen LogP) is 4.41. The van der Waals surface area contributed by atoms with Gasteiger partial charge in [-0.15, -0.1) is 5.10 Å². The summed E-state index contributed by atoms with van der Waals surface area (Å²) in [6.07, 6.45) is 4.45. The molecule has 1 aromatic heterocycles. The third kappa shape index (κ3) is 3.95. The highest BCUT2D eigenvalue weighted by Gasteiger charge is 2.32. The summed E-state index contributed by atoms with van der Waals surface area (Å²) < 4.78 is 7.44. The first-order valence-electron chi connectivity index (χ1n) is 10.5. The molecule has 1 amide bonds. The quantitative estimate of drug-likeness (QED) is 0.661. The highest BCUT2D eigenvalue weighted by Crippen LogP contribution is 2.37. The van der Waals surface area contributed by atoms with E-state index in [1.54, 1.807) is 7.11 Å². The largest absolute Gasteiger partial charge is 0.496 e. The summed E-state index contributed by atoms with van der Waals surface area (Å²) in [7, 11) is 1.70. The molecule has 1 aliphatic rings. The normalized spacial score (nSPS) is 18.4. The standard InChI is InChI=1S/C24H28N4O2/c1-4-25-24(29)20-11-12-21(13-20)28-22(15-26-27-28)18-9-7-17(8-10-18)19-6-5-16(2)23(14-19)30-3/h5-10,14-15,20-21H,4,11-13H2,1-3H3,(H,25,29). The third-order valence-corrected chi connectivity index (χ3v) is 5.97. The minimum Gasteiger partial charge on any atom is -0.496 e. The molecule has 1 saturated carbocycles. The number of benzene rings is 2. The van der Waals surface area contributed by atoms with Crippen LogP contribution in [0.1, 0.15) is 37.8 Å². The van der Waals surface area contributed by atoms with Crippen molar-refractivity contribution in [2.75, 3.05) is 13.7 Å². The lowest BCUT2D eigenvalue weighted by molar-refractivity contribution is -0.124. The molecule has 156 valence electrons. The number of ether oxygens (including phenoxy) is 1. The summed E-state index contributed by atoms with van der Waals surface area (Å²) in [5.41, 5.74) is 5.44. The van der Waals surface area contributed by atoms with Crippen molar-refractivity contribution in [3.63, 3.8) is 0 Å². The van der Waals surface area contributed by atoms with E-state index in [-0.39, 0.29) is 17.9 Å². The second-order valence-electron chi connectivity index (χ2n) is 7.88. The number of carbonyl (C=O) groups excluding carboxylic acids is 1. The van der Waals surface area contributed by atoms with Crippen LogP contribution in [0.5, 0.6) is 5.75 Å². The first-order valence-corrected chi connectivity index (χ1v) is 10.5. The first-order chi connectivity index (χ1) is 14.6. The number of aryl methyl sites for hydroxylation is 1. The van der Waals surface area contributed by atoms with Gasteiger partial charge in [-0.05, 0) is 55.9 Å². The van der Waals surface area contributed by atoms with Crippen LogP contribution in [0.2, 0.25) is 0 Å². The minimum absolute atomic E-state index is 0.0610. The van der Waals surface area contributed by atoms with Gasteiger partial charge in [0.2, 0.25) is 5.91 Å². The highest BCUT2D eigenvalue weighted by molar-refractivity contribution is 5.79. The third-order valence-electron chi connectivity index (χ3n) is 5.97. The van der Waals surface area contributed by atoms with Crippen LogP contribution in [0.3, 0.4) is 0 Å². The Bertz CT molecular complexity index is 1030. The Kier molecular flexibility index (Phi) is 5.84. The van der Waals surface area contributed by atoms with Crippen molar-refractivity contribution in [3.8, 4) is 28.1 Å². The molecule has 0 bridgehead atoms. The second kappa shape index (κ2) is 8.69. The van der Waals surface area contributed by atoms with Gasteiger partial charge in [-0.25, -0.2) is 4.68 Å². The monoisotopic (exact) mass is 404 g/mol. The van der Waals surface area contributed by atoms with Gasteiger partial charge in [0.15, 0.2) is 0 Å². The number of aromatic nitrogens is 3. The molecule has 0 radical (unpaired) electrons. The number of nitrogens with one attached hydrogen (secondary N) is 1. The van der Waals surface area contributed by atoms with Crippen LogP contribution < -0.4 is 10.1 Å². The number of amides is 1. The maximum Gasteiger partial charge on any atom is 0.223 e. The number of hydrogen-bond donors (Lipinski definition) is 1. The van der Waals surface area contributed by atoms with E-state index in [2.05, 4.69) is 58.1 Å². The van der Waals surface area contributed by atoms with Crippen molar-refractivity contribution in [1.29, 1.82) is 0 Å². The lowest BCUT2D eigenvalue weighted by Gasteiger charge is -2.15. The van der Waals surface area contributed by atoms with Gasteiger partial charge in [-0.3, -0.25) is 4.79 Å². The number of methoxy groups -OCH3 is 1. The fourth-order valence-corrected chi connectivity index (χ4v) is 4.29. The van der Waals surface area contributed by atoms with Gasteiger partial charge < -0.3 is 10.1 Å². The van der Waals surface area contributed by atoms with Crippen molar-refractivity contribution >= 4 is 5.91 Å². The number of rotatable bonds is 6. The molecule has 2 aromatic carbocycles. The highest BCUT2D eigenvalue weighted by atomic mass is 16.5. The summed E-state index contributed by atoms with van der Waals surface area (Å²) in [6.45, 7) is 4.67. The molecule has 1 fully saturated rings. The molecule has 30 heavy (non-hydrogen) atoms. The van der Waals surface area contributed by atoms with Crippen molar-refractivity contribution < 1.29 is 9.53 Å². The molecular formula is C24H28N4O2. The van der Waals surface area contributed by atoms with Crippen LogP contribution in [0.15, 0.2) is 48.7 Å². The zero-order chi connectivity index (χ0) is 21.1. The molecule has 6 heteroatoms. The first kappa shape index (κ1) is 20.1. The van der Waals surface area contributed by atoms with Crippen LogP contribution in [0.4, 0.5) is 0 Å². The fraction of sp³-hybridized carbons (Fsp3) is 0.375. The summed E-state index contributed by atoms with van der Waals surface area (Å²) in [5, 5.41) is 11.4. The summed E-state index contributed by atoms with van der Waals surface area (Å²) in [4.78, 5) is 12.2. The van der Waals surface area contributed by atoms with E-state index >= 15 is 0 Å². The van der Waals surface area contributed by atoms with Gasteiger partial charge in [-0.1, -0.05) is 41.6 Å². The van der Waals surface area contributed by atoms with Gasteiger partial charge in [-0.2, -0.15) is 0 Å². The Morgan fingerprint density at radius 2 is 1.87 bits per heavy atom. The summed E-state index contributed by atoms with van der Waals surface area (Å²) >= 11 is 0. The minimum atomic E-state index is 0.0610. The van der Waals surface area contributed by atoms with Crippen LogP contribution in [-0.2, 0) is 4.79 Å². The SMILES string of the molecule is CCNC(=O)C1CCC(n2nncc2-c2ccc(-c3ccc(C)c(OC)c3)cc2)C1. The van der Waals surface area contributed by atoms with E-state index in [4.69, 9.17) is 4.74 Å². The Morgan fingerprint density at radius 1 is 1.13 bits per heavy atom. The average molecular weight is 405 g/mol. The van der Waals surface area contributed by atoms with Gasteiger partial charge in [0.05, 0.1) is 25.0 Å². The lowest BCUT2D eigenvalue weighted by Crippen LogP contribution is -2.29. The fourth-order valence-electron chi connectivity index (χ4n) is 4.29. The van der Waals surface area contributed by atoms with Crippen LogP contribution >= 0.6 is 0 Å². The van der Waals surface area contributed by atoms with Gasteiger partial charge in [0, 0.05) is 18.0 Å². The number of hydrogen-bond acceptors (Lipinski definition) is 4. The van der Waals surface area contributed by atoms with E-state index < -0.39 is 0 Å². The molecule has 0 spiro atoms. The second-order valence-corrected chi connectivity index (χ2v) is 7.88. The van der Waals surface area contributed by atoms with Gasteiger partial charge in [0.1, 0.15) is 5.75 Å². The molecule has 6 nitrogen and oxygen atoms in total. The van der Waals surface area contributed by atoms with Crippen molar-refractivity contribution in [1.82, 2.24) is 20.3 Å². The Morgan fingerprint density at radius 3 is 2.60 bits per heavy atom. The van der Waals surface area contributed by atoms with E-state index in [1.807, 2.05) is 24.7 Å². The number of carbonyl (C=O) groups is 1. The van der Waals surface area contributed by atoms with E-state index in [0.717, 1.165) is 53.0 Å². The van der Waals surface area contributed by atoms with Gasteiger partial charge in [0.25, 0.3) is 0 Å². The Hall–Kier alpha value is -3.15. The average Bonchev–Trinajstić information content (AvgIpc) is 3.44. The Labute approximate surface area is 177 Å². The van der Waals surface area contributed by atoms with Crippen LogP contribution in [0, 0.1) is 12.8 Å². The molecule has 0 saturated heterocycles. The molecule has 1 aliphatic carbocycles. The molecule has 1 heterocycles. The summed E-state index contributed by atoms with van der Waals surface area (Å²) in [5.74, 6) is 1.10. The van der Waals surface area contributed by atoms with Crippen molar-refractivity contribution in [2.45, 2.75) is 39.2 Å². The van der Waals surface area contributed by atoms with E-state index in [9.17, 15) is 4.79 Å². The zero-order valence-corrected chi connectivity index (χ0v) is 17.8. The molecule has 2 unspecified atom stereocenters. The van der Waals surface area contributed by atoms with Crippen LogP contribution in [0.25, 0.3) is 22.4 Å². The topological polar surface area (TPSA) is 69.0 Å². The summed E-state index contributed by atoms with van der Waals surface area (Å²) in [6, 6.07) is 14.9. The smallest absolute Gasteiger partial charge is 0.223 e. The number of nitrogens with zero attached hydrogens (tertiary/aromatic N) is 3. The maximum atomic E-state index is 12.2. The van der Waals surface area contributed by atoms with Crippen molar-refractivity contribution in [3.05, 3.63) is 54.2 Å². The van der Waals surface area contributed by atoms with Crippen LogP contribution in [-0.4, -0.2) is 34.6 Å². The molecule has 1 N–H and O–H groups in total.